The summed E-state index contributed by atoms with van der Waals surface area (Å²) in [5, 5.41) is 2.51. The summed E-state index contributed by atoms with van der Waals surface area (Å²) in [7, 11) is 0. The van der Waals surface area contributed by atoms with E-state index in [0.717, 1.165) is 44.1 Å². The molecule has 0 amide bonds. The summed E-state index contributed by atoms with van der Waals surface area (Å²) in [6, 6.07) is 13.3. The van der Waals surface area contributed by atoms with Gasteiger partial charge in [-0.05, 0) is 99.0 Å². The van der Waals surface area contributed by atoms with Crippen molar-refractivity contribution >= 4 is 16.7 Å². The molecule has 0 N–H and O–H groups in total. The number of esters is 1. The van der Waals surface area contributed by atoms with Crippen LogP contribution in [0.25, 0.3) is 10.8 Å². The molecule has 2 fully saturated rings. The lowest BCUT2D eigenvalue weighted by Gasteiger charge is -2.30. The molecular formula is C29H41NO3. The van der Waals surface area contributed by atoms with Crippen LogP contribution < -0.4 is 4.74 Å². The van der Waals surface area contributed by atoms with Gasteiger partial charge in [0.2, 0.25) is 0 Å². The topological polar surface area (TPSA) is 38.8 Å². The van der Waals surface area contributed by atoms with Crippen LogP contribution in [0.3, 0.4) is 0 Å². The molecule has 1 saturated heterocycles. The van der Waals surface area contributed by atoms with Crippen LogP contribution in [0, 0.1) is 11.8 Å². The molecule has 2 aromatic carbocycles. The van der Waals surface area contributed by atoms with E-state index in [1.165, 1.54) is 61.3 Å². The van der Waals surface area contributed by atoms with E-state index in [1.54, 1.807) is 0 Å². The van der Waals surface area contributed by atoms with Gasteiger partial charge in [-0.25, -0.2) is 0 Å². The standard InChI is InChI=1S/C29H41NO3/c1-3-5-6-22-8-12-27(13-9-22)33-28-14-11-25-19-23(7-10-26(25)20-28)21-30-17-15-24(16-18-30)29(31)32-4-2/h7,10-11,14,19-20,22,24,27H,3-6,8-9,12-13,15-18,21H2,1-2H3. The van der Waals surface area contributed by atoms with Crippen LogP contribution in [0.5, 0.6) is 5.75 Å². The Hall–Kier alpha value is -2.07. The van der Waals surface area contributed by atoms with E-state index in [0.29, 0.717) is 12.7 Å². The fourth-order valence-corrected chi connectivity index (χ4v) is 5.51. The zero-order valence-electron chi connectivity index (χ0n) is 20.6. The summed E-state index contributed by atoms with van der Waals surface area (Å²) >= 11 is 0. The highest BCUT2D eigenvalue weighted by Gasteiger charge is 2.26. The van der Waals surface area contributed by atoms with Gasteiger partial charge >= 0.3 is 5.97 Å². The van der Waals surface area contributed by atoms with Gasteiger partial charge in [0.05, 0.1) is 18.6 Å². The average Bonchev–Trinajstić information content (AvgIpc) is 2.84. The van der Waals surface area contributed by atoms with E-state index in [4.69, 9.17) is 9.47 Å². The summed E-state index contributed by atoms with van der Waals surface area (Å²) in [5.74, 6) is 1.97. The maximum absolute atomic E-state index is 12.0. The minimum Gasteiger partial charge on any atom is -0.490 e. The largest absolute Gasteiger partial charge is 0.490 e. The molecule has 1 saturated carbocycles. The number of benzene rings is 2. The number of ether oxygens (including phenoxy) is 2. The number of carbonyl (C=O) groups excluding carboxylic acids is 1. The van der Waals surface area contributed by atoms with Crippen LogP contribution in [0.15, 0.2) is 36.4 Å². The first-order valence-corrected chi connectivity index (χ1v) is 13.2. The molecule has 0 unspecified atom stereocenters. The number of carbonyl (C=O) groups is 1. The van der Waals surface area contributed by atoms with Gasteiger partial charge in [0.25, 0.3) is 0 Å². The molecule has 1 aliphatic heterocycles. The second-order valence-corrected chi connectivity index (χ2v) is 10.0. The van der Waals surface area contributed by atoms with Crippen molar-refractivity contribution in [2.24, 2.45) is 11.8 Å². The quantitative estimate of drug-likeness (QED) is 0.396. The number of rotatable bonds is 9. The van der Waals surface area contributed by atoms with Crippen molar-refractivity contribution in [1.82, 2.24) is 4.90 Å². The van der Waals surface area contributed by atoms with Crippen molar-refractivity contribution in [3.63, 3.8) is 0 Å². The molecule has 4 nitrogen and oxygen atoms in total. The Balaban J connectivity index is 1.28. The van der Waals surface area contributed by atoms with Crippen molar-refractivity contribution < 1.29 is 14.3 Å². The van der Waals surface area contributed by atoms with Gasteiger partial charge in [0.15, 0.2) is 0 Å². The number of likely N-dealkylation sites (tertiary alicyclic amines) is 1. The molecule has 0 atom stereocenters. The molecule has 180 valence electrons. The van der Waals surface area contributed by atoms with Crippen molar-refractivity contribution in [2.75, 3.05) is 19.7 Å². The predicted molar refractivity (Wildman–Crippen MR) is 134 cm³/mol. The van der Waals surface area contributed by atoms with Gasteiger partial charge in [0.1, 0.15) is 5.75 Å². The number of hydrogen-bond acceptors (Lipinski definition) is 4. The molecule has 4 rings (SSSR count). The van der Waals surface area contributed by atoms with Gasteiger partial charge in [-0.15, -0.1) is 0 Å². The van der Waals surface area contributed by atoms with Crippen LogP contribution in [0.4, 0.5) is 0 Å². The lowest BCUT2D eigenvalue weighted by molar-refractivity contribution is -0.149. The number of nitrogens with zero attached hydrogens (tertiary/aromatic N) is 1. The third-order valence-corrected chi connectivity index (χ3v) is 7.55. The summed E-state index contributed by atoms with van der Waals surface area (Å²) in [6.45, 7) is 7.48. The third kappa shape index (κ3) is 6.72. The van der Waals surface area contributed by atoms with Crippen molar-refractivity contribution in [3.8, 4) is 5.75 Å². The molecule has 0 radical (unpaired) electrons. The van der Waals surface area contributed by atoms with Crippen LogP contribution in [0.2, 0.25) is 0 Å². The Morgan fingerprint density at radius 1 is 0.939 bits per heavy atom. The number of unbranched alkanes of at least 4 members (excludes halogenated alkanes) is 1. The van der Waals surface area contributed by atoms with Gasteiger partial charge in [-0.1, -0.05) is 44.4 Å². The molecule has 2 aliphatic rings. The SMILES string of the molecule is CCCCC1CCC(Oc2ccc3cc(CN4CCC(C(=O)OCC)CC4)ccc3c2)CC1. The van der Waals surface area contributed by atoms with Crippen LogP contribution in [-0.4, -0.2) is 36.7 Å². The highest BCUT2D eigenvalue weighted by atomic mass is 16.5. The van der Waals surface area contributed by atoms with Crippen LogP contribution >= 0.6 is 0 Å². The first-order chi connectivity index (χ1) is 16.1. The highest BCUT2D eigenvalue weighted by molar-refractivity contribution is 5.84. The Morgan fingerprint density at radius 3 is 2.39 bits per heavy atom. The molecule has 0 spiro atoms. The van der Waals surface area contributed by atoms with Crippen molar-refractivity contribution in [2.45, 2.75) is 84.3 Å². The van der Waals surface area contributed by atoms with Gasteiger partial charge in [-0.2, -0.15) is 0 Å². The lowest BCUT2D eigenvalue weighted by atomic mass is 9.84. The minimum absolute atomic E-state index is 0.0228. The molecular weight excluding hydrogens is 410 g/mol. The summed E-state index contributed by atoms with van der Waals surface area (Å²) in [5.41, 5.74) is 1.33. The summed E-state index contributed by atoms with van der Waals surface area (Å²) < 4.78 is 11.6. The molecule has 0 aromatic heterocycles. The third-order valence-electron chi connectivity index (χ3n) is 7.55. The van der Waals surface area contributed by atoms with E-state index in [9.17, 15) is 4.79 Å². The zero-order chi connectivity index (χ0) is 23.0. The van der Waals surface area contributed by atoms with E-state index in [2.05, 4.69) is 48.2 Å². The average molecular weight is 452 g/mol. The minimum atomic E-state index is -0.0228. The molecule has 33 heavy (non-hydrogen) atoms. The van der Waals surface area contributed by atoms with E-state index >= 15 is 0 Å². The number of piperidine rings is 1. The fourth-order valence-electron chi connectivity index (χ4n) is 5.51. The zero-order valence-corrected chi connectivity index (χ0v) is 20.6. The maximum Gasteiger partial charge on any atom is 0.309 e. The second kappa shape index (κ2) is 11.9. The van der Waals surface area contributed by atoms with Gasteiger partial charge in [0, 0.05) is 6.54 Å². The van der Waals surface area contributed by atoms with Gasteiger partial charge in [-0.3, -0.25) is 9.69 Å². The lowest BCUT2D eigenvalue weighted by Crippen LogP contribution is -2.36. The van der Waals surface area contributed by atoms with Crippen LogP contribution in [-0.2, 0) is 16.1 Å². The van der Waals surface area contributed by atoms with Crippen molar-refractivity contribution in [1.29, 1.82) is 0 Å². The number of hydrogen-bond donors (Lipinski definition) is 0. The van der Waals surface area contributed by atoms with E-state index in [-0.39, 0.29) is 11.9 Å². The highest BCUT2D eigenvalue weighted by Crippen LogP contribution is 2.32. The second-order valence-electron chi connectivity index (χ2n) is 10.0. The number of fused-ring (bicyclic) bond motifs is 1. The Labute approximate surface area is 199 Å². The summed E-state index contributed by atoms with van der Waals surface area (Å²) in [4.78, 5) is 14.4. The predicted octanol–water partition coefficient (Wildman–Crippen LogP) is 6.74. The monoisotopic (exact) mass is 451 g/mol. The Morgan fingerprint density at radius 2 is 1.67 bits per heavy atom. The fraction of sp³-hybridized carbons (Fsp3) is 0.621. The molecule has 1 heterocycles. The molecule has 1 aliphatic carbocycles. The Kier molecular flexibility index (Phi) is 8.66. The van der Waals surface area contributed by atoms with E-state index < -0.39 is 0 Å². The van der Waals surface area contributed by atoms with Gasteiger partial charge < -0.3 is 9.47 Å². The molecule has 0 bridgehead atoms. The first kappa shape index (κ1) is 24.1. The van der Waals surface area contributed by atoms with Crippen molar-refractivity contribution in [3.05, 3.63) is 42.0 Å². The first-order valence-electron chi connectivity index (χ1n) is 13.2. The van der Waals surface area contributed by atoms with Crippen LogP contribution in [0.1, 0.15) is 77.2 Å². The van der Waals surface area contributed by atoms with E-state index in [1.807, 2.05) is 6.92 Å². The normalized spacial score (nSPS) is 22.4. The maximum atomic E-state index is 12.0. The summed E-state index contributed by atoms with van der Waals surface area (Å²) in [6.07, 6.45) is 11.3. The Bertz CT molecular complexity index is 895. The molecule has 4 heteroatoms. The molecule has 2 aromatic rings. The smallest absolute Gasteiger partial charge is 0.309 e.